The van der Waals surface area contributed by atoms with Crippen LogP contribution in [0.1, 0.15) is 54.4 Å². The molecule has 0 aliphatic carbocycles. The second-order valence-corrected chi connectivity index (χ2v) is 17.6. The first-order valence-corrected chi connectivity index (χ1v) is 15.1. The summed E-state index contributed by atoms with van der Waals surface area (Å²) in [6, 6.07) is 8.82. The van der Waals surface area contributed by atoms with Crippen LogP contribution in [0.2, 0.25) is 16.6 Å². The standard InChI is InChI=1S/C24H39NO3SSi/c1-17(2)30(18(3)4,19(5)6)28-22-13-14-25-16-20(7)15-23(24(22)25)29(26,27)21-11-9-8-10-12-21/h8-12,17-19,22-24H,7,13-16H2,1-6H3/t22-,23-,24-/m1/s1. The molecule has 2 fully saturated rings. The molecule has 0 N–H and O–H groups in total. The topological polar surface area (TPSA) is 46.6 Å². The fourth-order valence-corrected chi connectivity index (χ4v) is 13.8. The molecule has 0 saturated carbocycles. The van der Waals surface area contributed by atoms with Gasteiger partial charge in [0.05, 0.1) is 22.3 Å². The first kappa shape index (κ1) is 23.7. The molecule has 168 valence electrons. The molecule has 0 aromatic heterocycles. The highest BCUT2D eigenvalue weighted by Crippen LogP contribution is 2.46. The number of hydrogen-bond acceptors (Lipinski definition) is 4. The van der Waals surface area contributed by atoms with Gasteiger partial charge in [0.25, 0.3) is 0 Å². The van der Waals surface area contributed by atoms with Crippen LogP contribution in [0.5, 0.6) is 0 Å². The van der Waals surface area contributed by atoms with E-state index in [0.717, 1.165) is 25.1 Å². The van der Waals surface area contributed by atoms with E-state index in [1.807, 2.05) is 6.07 Å². The summed E-state index contributed by atoms with van der Waals surface area (Å²) in [5, 5.41) is -0.494. The Bertz CT molecular complexity index is 829. The maximum atomic E-state index is 13.7. The van der Waals surface area contributed by atoms with E-state index in [2.05, 4.69) is 53.0 Å². The Morgan fingerprint density at radius 2 is 1.60 bits per heavy atom. The molecule has 0 spiro atoms. The van der Waals surface area contributed by atoms with Gasteiger partial charge in [-0.15, -0.1) is 0 Å². The van der Waals surface area contributed by atoms with Gasteiger partial charge in [0.15, 0.2) is 9.84 Å². The number of rotatable bonds is 7. The zero-order valence-electron chi connectivity index (χ0n) is 19.5. The van der Waals surface area contributed by atoms with E-state index in [0.29, 0.717) is 27.9 Å². The fourth-order valence-electron chi connectivity index (χ4n) is 6.14. The second-order valence-electron chi connectivity index (χ2n) is 10.1. The third-order valence-electron chi connectivity index (χ3n) is 7.33. The van der Waals surface area contributed by atoms with E-state index in [1.165, 1.54) is 0 Å². The van der Waals surface area contributed by atoms with E-state index in [-0.39, 0.29) is 12.1 Å². The van der Waals surface area contributed by atoms with Gasteiger partial charge in [-0.25, -0.2) is 8.42 Å². The van der Waals surface area contributed by atoms with Crippen molar-refractivity contribution in [2.24, 2.45) is 0 Å². The summed E-state index contributed by atoms with van der Waals surface area (Å²) < 4.78 is 34.5. The highest BCUT2D eigenvalue weighted by Gasteiger charge is 2.53. The molecule has 2 aliphatic rings. The average molecular weight is 450 g/mol. The predicted molar refractivity (Wildman–Crippen MR) is 127 cm³/mol. The number of nitrogens with zero attached hydrogens (tertiary/aromatic N) is 1. The molecule has 0 unspecified atom stereocenters. The minimum absolute atomic E-state index is 0.0274. The Labute approximate surface area is 184 Å². The SMILES string of the molecule is C=C1C[C@@H](S(=O)(=O)c2ccccc2)[C@H]2[C@H](O[Si](C(C)C)(C(C)C)C(C)C)CCN2C1. The van der Waals surface area contributed by atoms with Crippen LogP contribution in [0.4, 0.5) is 0 Å². The zero-order chi connectivity index (χ0) is 22.3. The Morgan fingerprint density at radius 1 is 1.03 bits per heavy atom. The second kappa shape index (κ2) is 8.89. The number of sulfone groups is 1. The normalized spacial score (nSPS) is 26.0. The molecule has 0 bridgehead atoms. The smallest absolute Gasteiger partial charge is 0.200 e. The van der Waals surface area contributed by atoms with Gasteiger partial charge in [-0.3, -0.25) is 4.90 Å². The highest BCUT2D eigenvalue weighted by molar-refractivity contribution is 7.92. The van der Waals surface area contributed by atoms with Gasteiger partial charge in [0.1, 0.15) is 0 Å². The van der Waals surface area contributed by atoms with Crippen molar-refractivity contribution in [1.82, 2.24) is 4.90 Å². The predicted octanol–water partition coefficient (Wildman–Crippen LogP) is 5.42. The molecule has 3 atom stereocenters. The van der Waals surface area contributed by atoms with Crippen molar-refractivity contribution in [3.05, 3.63) is 42.5 Å². The Morgan fingerprint density at radius 3 is 2.13 bits per heavy atom. The summed E-state index contributed by atoms with van der Waals surface area (Å²) in [7, 11) is -5.56. The van der Waals surface area contributed by atoms with Crippen molar-refractivity contribution in [3.8, 4) is 0 Å². The molecule has 1 aromatic carbocycles. The number of hydrogen-bond donors (Lipinski definition) is 0. The minimum Gasteiger partial charge on any atom is -0.411 e. The van der Waals surface area contributed by atoms with E-state index >= 15 is 0 Å². The number of fused-ring (bicyclic) bond motifs is 1. The molecule has 6 heteroatoms. The maximum Gasteiger partial charge on any atom is 0.200 e. The quantitative estimate of drug-likeness (QED) is 0.412. The summed E-state index contributed by atoms with van der Waals surface area (Å²) in [4.78, 5) is 2.73. The van der Waals surface area contributed by atoms with Crippen LogP contribution in [-0.2, 0) is 14.3 Å². The minimum atomic E-state index is -3.47. The lowest BCUT2D eigenvalue weighted by Crippen LogP contribution is -2.57. The van der Waals surface area contributed by atoms with Gasteiger partial charge >= 0.3 is 0 Å². The van der Waals surface area contributed by atoms with Gasteiger partial charge in [-0.05, 0) is 41.6 Å². The van der Waals surface area contributed by atoms with Crippen LogP contribution < -0.4 is 0 Å². The van der Waals surface area contributed by atoms with Gasteiger partial charge < -0.3 is 4.43 Å². The third-order valence-corrected chi connectivity index (χ3v) is 15.6. The lowest BCUT2D eigenvalue weighted by molar-refractivity contribution is 0.109. The number of piperidine rings is 1. The maximum absolute atomic E-state index is 13.7. The van der Waals surface area contributed by atoms with Crippen LogP contribution in [-0.4, -0.2) is 52.1 Å². The molecule has 3 rings (SSSR count). The van der Waals surface area contributed by atoms with E-state index in [4.69, 9.17) is 4.43 Å². The van der Waals surface area contributed by atoms with Gasteiger partial charge in [0.2, 0.25) is 8.32 Å². The van der Waals surface area contributed by atoms with E-state index in [9.17, 15) is 8.42 Å². The average Bonchev–Trinajstić information content (AvgIpc) is 3.07. The summed E-state index contributed by atoms with van der Waals surface area (Å²) in [6.45, 7) is 19.6. The first-order valence-electron chi connectivity index (χ1n) is 11.4. The molecule has 0 radical (unpaired) electrons. The van der Waals surface area contributed by atoms with Gasteiger partial charge in [-0.2, -0.15) is 0 Å². The molecular weight excluding hydrogens is 410 g/mol. The summed E-state index contributed by atoms with van der Waals surface area (Å²) >= 11 is 0. The molecule has 2 saturated heterocycles. The van der Waals surface area contributed by atoms with E-state index < -0.39 is 23.4 Å². The lowest BCUT2D eigenvalue weighted by atomic mass is 9.97. The van der Waals surface area contributed by atoms with Gasteiger partial charge in [-0.1, -0.05) is 71.9 Å². The monoisotopic (exact) mass is 449 g/mol. The summed E-state index contributed by atoms with van der Waals surface area (Å²) in [5.74, 6) is 0. The van der Waals surface area contributed by atoms with Crippen LogP contribution in [0.3, 0.4) is 0 Å². The summed E-state index contributed by atoms with van der Waals surface area (Å²) in [6.07, 6.45) is 1.40. The Kier molecular flexibility index (Phi) is 7.02. The van der Waals surface area contributed by atoms with Crippen LogP contribution >= 0.6 is 0 Å². The molecular formula is C24H39NO3SSi. The Hall–Kier alpha value is -0.953. The van der Waals surface area contributed by atoms with Gasteiger partial charge in [0, 0.05) is 13.1 Å². The first-order chi connectivity index (χ1) is 14.0. The van der Waals surface area contributed by atoms with E-state index in [1.54, 1.807) is 24.3 Å². The summed E-state index contributed by atoms with van der Waals surface area (Å²) in [5.41, 5.74) is 2.45. The Balaban J connectivity index is 2.00. The largest absolute Gasteiger partial charge is 0.411 e. The van der Waals surface area contributed by atoms with Crippen LogP contribution in [0.15, 0.2) is 47.4 Å². The highest BCUT2D eigenvalue weighted by atomic mass is 32.2. The van der Waals surface area contributed by atoms with Crippen LogP contribution in [0, 0.1) is 0 Å². The molecule has 2 heterocycles. The van der Waals surface area contributed by atoms with Crippen molar-refractivity contribution in [2.75, 3.05) is 13.1 Å². The fraction of sp³-hybridized carbons (Fsp3) is 0.667. The van der Waals surface area contributed by atoms with Crippen LogP contribution in [0.25, 0.3) is 0 Å². The van der Waals surface area contributed by atoms with Crippen molar-refractivity contribution < 1.29 is 12.8 Å². The molecule has 4 nitrogen and oxygen atoms in total. The third kappa shape index (κ3) is 4.08. The van der Waals surface area contributed by atoms with Crippen molar-refractivity contribution in [2.45, 2.75) is 93.3 Å². The molecule has 1 aromatic rings. The number of benzene rings is 1. The van der Waals surface area contributed by atoms with Crippen molar-refractivity contribution in [1.29, 1.82) is 0 Å². The molecule has 30 heavy (non-hydrogen) atoms. The van der Waals surface area contributed by atoms with Crippen molar-refractivity contribution >= 4 is 18.2 Å². The lowest BCUT2D eigenvalue weighted by Gasteiger charge is -2.47. The molecule has 0 amide bonds. The van der Waals surface area contributed by atoms with Crippen molar-refractivity contribution in [3.63, 3.8) is 0 Å². The molecule has 2 aliphatic heterocycles. The zero-order valence-corrected chi connectivity index (χ0v) is 21.3.